The smallest absolute Gasteiger partial charge is 0.154 e. The number of phenolic OH excluding ortho intramolecular Hbond substituents is 1. The van der Waals surface area contributed by atoms with Crippen LogP contribution in [0.1, 0.15) is 55.7 Å². The van der Waals surface area contributed by atoms with Crippen LogP contribution in [0.3, 0.4) is 0 Å². The molecule has 5 nitrogen and oxygen atoms in total. The van der Waals surface area contributed by atoms with E-state index in [-0.39, 0.29) is 11.8 Å². The second kappa shape index (κ2) is 6.62. The maximum atomic E-state index is 10.2. The zero-order valence-electron chi connectivity index (χ0n) is 14.0. The monoisotopic (exact) mass is 316 g/mol. The van der Waals surface area contributed by atoms with Gasteiger partial charge in [-0.2, -0.15) is 0 Å². The lowest BCUT2D eigenvalue weighted by molar-refractivity contribution is 0.204. The number of phenols is 1. The third-order valence-electron chi connectivity index (χ3n) is 4.50. The summed E-state index contributed by atoms with van der Waals surface area (Å²) in [7, 11) is 1.60. The van der Waals surface area contributed by atoms with Gasteiger partial charge in [0.25, 0.3) is 0 Å². The van der Waals surface area contributed by atoms with E-state index in [9.17, 15) is 5.11 Å². The van der Waals surface area contributed by atoms with Crippen molar-refractivity contribution >= 4 is 0 Å². The van der Waals surface area contributed by atoms with Crippen LogP contribution >= 0.6 is 0 Å². The van der Waals surface area contributed by atoms with Gasteiger partial charge in [-0.25, -0.2) is 0 Å². The van der Waals surface area contributed by atoms with E-state index in [4.69, 9.17) is 9.26 Å². The topological polar surface area (TPSA) is 58.7 Å². The zero-order chi connectivity index (χ0) is 16.4. The molecule has 1 aliphatic heterocycles. The predicted molar refractivity (Wildman–Crippen MR) is 87.6 cm³/mol. The minimum atomic E-state index is 0.233. The lowest BCUT2D eigenvalue weighted by Crippen LogP contribution is -2.22. The Balaban J connectivity index is 1.76. The van der Waals surface area contributed by atoms with Crippen LogP contribution in [-0.4, -0.2) is 28.8 Å². The van der Waals surface area contributed by atoms with Gasteiger partial charge in [0.1, 0.15) is 11.5 Å². The van der Waals surface area contributed by atoms with E-state index < -0.39 is 0 Å². The number of aromatic hydroxyl groups is 1. The van der Waals surface area contributed by atoms with Crippen LogP contribution in [0.25, 0.3) is 0 Å². The largest absolute Gasteiger partial charge is 0.507 e. The van der Waals surface area contributed by atoms with Gasteiger partial charge >= 0.3 is 0 Å². The Kier molecular flexibility index (Phi) is 4.57. The minimum absolute atomic E-state index is 0.233. The van der Waals surface area contributed by atoms with E-state index in [1.165, 1.54) is 0 Å². The summed E-state index contributed by atoms with van der Waals surface area (Å²) in [5.74, 6) is 2.24. The first-order valence-electron chi connectivity index (χ1n) is 8.15. The number of methoxy groups -OCH3 is 1. The molecule has 0 saturated carbocycles. The minimum Gasteiger partial charge on any atom is -0.507 e. The summed E-state index contributed by atoms with van der Waals surface area (Å²) in [6.07, 6.45) is 2.18. The maximum Gasteiger partial charge on any atom is 0.154 e. The summed E-state index contributed by atoms with van der Waals surface area (Å²) in [6, 6.07) is 7.76. The molecule has 1 saturated heterocycles. The first-order chi connectivity index (χ1) is 11.1. The highest BCUT2D eigenvalue weighted by atomic mass is 16.5. The van der Waals surface area contributed by atoms with Crippen LogP contribution in [0.15, 0.2) is 28.8 Å². The summed E-state index contributed by atoms with van der Waals surface area (Å²) in [6.45, 7) is 5.92. The third kappa shape index (κ3) is 3.34. The Hall–Kier alpha value is -2.01. The Morgan fingerprint density at radius 3 is 2.87 bits per heavy atom. The molecule has 2 aromatic rings. The lowest BCUT2D eigenvalue weighted by Gasteiger charge is -2.22. The number of benzene rings is 1. The Bertz CT molecular complexity index is 666. The van der Waals surface area contributed by atoms with Crippen LogP contribution in [0, 0.1) is 0 Å². The molecular formula is C18H24N2O3. The molecule has 1 aromatic carbocycles. The van der Waals surface area contributed by atoms with Crippen molar-refractivity contribution < 1.29 is 14.4 Å². The van der Waals surface area contributed by atoms with E-state index in [0.29, 0.717) is 18.2 Å². The first-order valence-corrected chi connectivity index (χ1v) is 8.15. The van der Waals surface area contributed by atoms with Crippen molar-refractivity contribution in [2.75, 3.05) is 13.7 Å². The molecule has 23 heavy (non-hydrogen) atoms. The predicted octanol–water partition coefficient (Wildman–Crippen LogP) is 3.85. The number of nitrogens with zero attached hydrogens (tertiary/aromatic N) is 2. The van der Waals surface area contributed by atoms with Crippen molar-refractivity contribution in [1.82, 2.24) is 10.1 Å². The van der Waals surface area contributed by atoms with Gasteiger partial charge < -0.3 is 14.4 Å². The summed E-state index contributed by atoms with van der Waals surface area (Å²) in [4.78, 5) is 2.34. The Morgan fingerprint density at radius 2 is 2.22 bits per heavy atom. The maximum absolute atomic E-state index is 10.2. The van der Waals surface area contributed by atoms with Crippen molar-refractivity contribution in [2.45, 2.75) is 45.2 Å². The van der Waals surface area contributed by atoms with E-state index in [1.807, 2.05) is 12.1 Å². The second-order valence-electron chi connectivity index (χ2n) is 6.43. The molecule has 3 rings (SSSR count). The Morgan fingerprint density at radius 1 is 1.39 bits per heavy atom. The lowest BCUT2D eigenvalue weighted by atomic mass is 10.1. The molecule has 1 aromatic heterocycles. The molecule has 1 atom stereocenters. The molecule has 2 heterocycles. The van der Waals surface area contributed by atoms with Gasteiger partial charge in [-0.05, 0) is 31.4 Å². The molecule has 0 amide bonds. The summed E-state index contributed by atoms with van der Waals surface area (Å²) >= 11 is 0. The van der Waals surface area contributed by atoms with Crippen LogP contribution < -0.4 is 4.74 Å². The average molecular weight is 316 g/mol. The van der Waals surface area contributed by atoms with Gasteiger partial charge in [0.05, 0.1) is 18.8 Å². The van der Waals surface area contributed by atoms with E-state index >= 15 is 0 Å². The van der Waals surface area contributed by atoms with Gasteiger partial charge in [0.15, 0.2) is 5.76 Å². The van der Waals surface area contributed by atoms with Crippen molar-refractivity contribution in [3.8, 4) is 11.5 Å². The highest BCUT2D eigenvalue weighted by Gasteiger charge is 2.30. The van der Waals surface area contributed by atoms with Crippen LogP contribution in [0.4, 0.5) is 0 Å². The highest BCUT2D eigenvalue weighted by molar-refractivity contribution is 5.39. The number of ether oxygens (including phenoxy) is 1. The highest BCUT2D eigenvalue weighted by Crippen LogP contribution is 2.36. The molecule has 1 fully saturated rings. The molecule has 0 spiro atoms. The van der Waals surface area contributed by atoms with E-state index in [2.05, 4.69) is 30.0 Å². The van der Waals surface area contributed by atoms with Gasteiger partial charge in [0, 0.05) is 24.2 Å². The SMILES string of the molecule is COc1ccc(CN2CCCC2c2cc(C(C)C)no2)c(O)c1. The van der Waals surface area contributed by atoms with E-state index in [1.54, 1.807) is 13.2 Å². The normalized spacial score (nSPS) is 18.7. The standard InChI is InChI=1S/C18H24N2O3/c1-12(2)15-10-18(23-19-15)16-5-4-8-20(16)11-13-6-7-14(22-3)9-17(13)21/h6-7,9-10,12,16,21H,4-5,8,11H2,1-3H3. The number of likely N-dealkylation sites (tertiary alicyclic amines) is 1. The fraction of sp³-hybridized carbons (Fsp3) is 0.500. The first kappa shape index (κ1) is 15.9. The fourth-order valence-electron chi connectivity index (χ4n) is 3.09. The van der Waals surface area contributed by atoms with Crippen LogP contribution in [0.2, 0.25) is 0 Å². The zero-order valence-corrected chi connectivity index (χ0v) is 14.0. The average Bonchev–Trinajstić information content (AvgIpc) is 3.17. The summed E-state index contributed by atoms with van der Waals surface area (Å²) in [5, 5.41) is 14.3. The van der Waals surface area contributed by atoms with Gasteiger partial charge in [-0.1, -0.05) is 25.1 Å². The molecule has 0 bridgehead atoms. The van der Waals surface area contributed by atoms with Crippen molar-refractivity contribution in [3.05, 3.63) is 41.3 Å². The van der Waals surface area contributed by atoms with Crippen molar-refractivity contribution in [2.24, 2.45) is 0 Å². The summed E-state index contributed by atoms with van der Waals surface area (Å²) < 4.78 is 10.7. The molecule has 1 N–H and O–H groups in total. The van der Waals surface area contributed by atoms with Crippen LogP contribution in [-0.2, 0) is 6.54 Å². The molecule has 1 aliphatic rings. The Labute approximate surface area is 136 Å². The molecule has 0 aliphatic carbocycles. The van der Waals surface area contributed by atoms with Gasteiger partial charge in [0.2, 0.25) is 0 Å². The fourth-order valence-corrected chi connectivity index (χ4v) is 3.09. The number of hydrogen-bond donors (Lipinski definition) is 1. The molecule has 0 radical (unpaired) electrons. The van der Waals surface area contributed by atoms with Crippen molar-refractivity contribution in [1.29, 1.82) is 0 Å². The third-order valence-corrected chi connectivity index (χ3v) is 4.50. The van der Waals surface area contributed by atoms with Crippen molar-refractivity contribution in [3.63, 3.8) is 0 Å². The van der Waals surface area contributed by atoms with E-state index in [0.717, 1.165) is 36.4 Å². The number of aromatic nitrogens is 1. The van der Waals surface area contributed by atoms with Gasteiger partial charge in [-0.15, -0.1) is 0 Å². The molecule has 5 heteroatoms. The van der Waals surface area contributed by atoms with Gasteiger partial charge in [-0.3, -0.25) is 4.90 Å². The molecule has 1 unspecified atom stereocenters. The quantitative estimate of drug-likeness (QED) is 0.908. The number of rotatable bonds is 5. The summed E-state index contributed by atoms with van der Waals surface area (Å²) in [5.41, 5.74) is 1.90. The van der Waals surface area contributed by atoms with Crippen LogP contribution in [0.5, 0.6) is 11.5 Å². The number of hydrogen-bond acceptors (Lipinski definition) is 5. The molecule has 124 valence electrons. The second-order valence-corrected chi connectivity index (χ2v) is 6.43. The molecular weight excluding hydrogens is 292 g/mol.